The van der Waals surface area contributed by atoms with Crippen molar-refractivity contribution in [3.05, 3.63) is 0 Å². The monoisotopic (exact) mass is 264 g/mol. The van der Waals surface area contributed by atoms with Crippen LogP contribution in [0.3, 0.4) is 0 Å². The molecule has 0 spiro atoms. The van der Waals surface area contributed by atoms with Crippen LogP contribution < -0.4 is 0 Å². The Bertz CT molecular complexity index is 194. The van der Waals surface area contributed by atoms with Gasteiger partial charge < -0.3 is 22.8 Å². The van der Waals surface area contributed by atoms with E-state index in [9.17, 15) is 0 Å². The Morgan fingerprint density at radius 3 is 2.47 bits per heavy atom. The first-order valence-electron chi connectivity index (χ1n) is 6.20. The van der Waals surface area contributed by atoms with Crippen LogP contribution in [-0.4, -0.2) is 55.6 Å². The molecule has 1 unspecified atom stereocenters. The van der Waals surface area contributed by atoms with Crippen molar-refractivity contribution in [3.63, 3.8) is 0 Å². The predicted octanol–water partition coefficient (Wildman–Crippen LogP) is 1.45. The second kappa shape index (κ2) is 8.18. The van der Waals surface area contributed by atoms with E-state index in [2.05, 4.69) is 6.92 Å². The van der Waals surface area contributed by atoms with E-state index in [0.29, 0.717) is 25.9 Å². The summed E-state index contributed by atoms with van der Waals surface area (Å²) in [4.78, 5) is 0. The Balaban J connectivity index is 2.12. The molecule has 0 amide bonds. The minimum Gasteiger partial charge on any atom is -0.377 e. The van der Waals surface area contributed by atoms with Crippen molar-refractivity contribution in [2.75, 3.05) is 40.6 Å². The average molecular weight is 264 g/mol. The molecule has 0 saturated carbocycles. The highest BCUT2D eigenvalue weighted by Crippen LogP contribution is 2.17. The van der Waals surface area contributed by atoms with E-state index in [1.54, 1.807) is 14.2 Å². The van der Waals surface area contributed by atoms with Crippen molar-refractivity contribution in [1.29, 1.82) is 0 Å². The predicted molar refractivity (Wildman–Crippen MR) is 66.0 cm³/mol. The van der Waals surface area contributed by atoms with Gasteiger partial charge in [-0.2, -0.15) is 0 Å². The molecular formula is C11H24O5Si. The Kier molecular flexibility index (Phi) is 7.25. The number of hydrogen-bond donors (Lipinski definition) is 0. The number of hydrogen-bond acceptors (Lipinski definition) is 5. The zero-order valence-corrected chi connectivity index (χ0v) is 12.1. The molecule has 1 fully saturated rings. The molecule has 1 aliphatic heterocycles. The van der Waals surface area contributed by atoms with E-state index in [4.69, 9.17) is 22.8 Å². The SMILES string of the molecule is CCCC[Si](OC)(OC)OCCOCC1CO1. The summed E-state index contributed by atoms with van der Waals surface area (Å²) in [6.07, 6.45) is 2.48. The first-order chi connectivity index (χ1) is 8.26. The summed E-state index contributed by atoms with van der Waals surface area (Å²) in [5.41, 5.74) is 0. The fraction of sp³-hybridized carbons (Fsp3) is 1.00. The van der Waals surface area contributed by atoms with Crippen LogP contribution in [0, 0.1) is 0 Å². The Labute approximate surface area is 105 Å². The van der Waals surface area contributed by atoms with Gasteiger partial charge in [0.1, 0.15) is 6.10 Å². The van der Waals surface area contributed by atoms with Gasteiger partial charge in [0, 0.05) is 20.3 Å². The summed E-state index contributed by atoms with van der Waals surface area (Å²) in [6.45, 7) is 4.71. The Hall–Kier alpha value is 0.0169. The largest absolute Gasteiger partial charge is 0.500 e. The molecule has 1 rings (SSSR count). The van der Waals surface area contributed by atoms with Crippen molar-refractivity contribution < 1.29 is 22.8 Å². The molecule has 1 heterocycles. The fourth-order valence-corrected chi connectivity index (χ4v) is 3.64. The molecule has 0 radical (unpaired) electrons. The lowest BCUT2D eigenvalue weighted by Crippen LogP contribution is -2.44. The second-order valence-corrected chi connectivity index (χ2v) is 7.04. The van der Waals surface area contributed by atoms with Crippen molar-refractivity contribution in [1.82, 2.24) is 0 Å². The van der Waals surface area contributed by atoms with Crippen LogP contribution in [0.2, 0.25) is 6.04 Å². The van der Waals surface area contributed by atoms with Crippen molar-refractivity contribution in [2.24, 2.45) is 0 Å². The van der Waals surface area contributed by atoms with Gasteiger partial charge in [-0.1, -0.05) is 13.3 Å². The average Bonchev–Trinajstić information content (AvgIpc) is 3.17. The quantitative estimate of drug-likeness (QED) is 0.321. The van der Waals surface area contributed by atoms with Crippen molar-refractivity contribution in [3.8, 4) is 0 Å². The molecule has 1 saturated heterocycles. The molecule has 102 valence electrons. The molecule has 0 aliphatic carbocycles. The highest BCUT2D eigenvalue weighted by Gasteiger charge is 2.38. The van der Waals surface area contributed by atoms with E-state index in [-0.39, 0.29) is 0 Å². The normalized spacial score (nSPS) is 19.6. The number of rotatable bonds is 11. The molecule has 0 bridgehead atoms. The lowest BCUT2D eigenvalue weighted by Gasteiger charge is -2.26. The van der Waals surface area contributed by atoms with Gasteiger partial charge in [0.2, 0.25) is 0 Å². The van der Waals surface area contributed by atoms with E-state index >= 15 is 0 Å². The third-order valence-corrected chi connectivity index (χ3v) is 5.57. The third-order valence-electron chi connectivity index (χ3n) is 2.71. The maximum Gasteiger partial charge on any atom is 0.500 e. The molecule has 0 aromatic rings. The van der Waals surface area contributed by atoms with Crippen LogP contribution in [0.25, 0.3) is 0 Å². The van der Waals surface area contributed by atoms with Crippen LogP contribution in [-0.2, 0) is 22.8 Å². The van der Waals surface area contributed by atoms with Gasteiger partial charge in [-0.25, -0.2) is 0 Å². The highest BCUT2D eigenvalue weighted by atomic mass is 28.4. The minimum atomic E-state index is -2.44. The molecule has 17 heavy (non-hydrogen) atoms. The molecule has 0 aromatic carbocycles. The third kappa shape index (κ3) is 5.94. The first-order valence-corrected chi connectivity index (χ1v) is 8.13. The standard InChI is InChI=1S/C11H24O5Si/c1-4-5-8-17(12-2,13-3)16-7-6-14-9-11-10-15-11/h11H,4-10H2,1-3H3. The molecule has 0 aromatic heterocycles. The molecule has 1 aliphatic rings. The summed E-state index contributed by atoms with van der Waals surface area (Å²) in [5.74, 6) is 0. The summed E-state index contributed by atoms with van der Waals surface area (Å²) >= 11 is 0. The topological polar surface area (TPSA) is 49.5 Å². The van der Waals surface area contributed by atoms with Crippen molar-refractivity contribution in [2.45, 2.75) is 31.9 Å². The zero-order chi connectivity index (χ0) is 12.6. The maximum atomic E-state index is 5.76. The number of ether oxygens (including phenoxy) is 2. The summed E-state index contributed by atoms with van der Waals surface area (Å²) in [5, 5.41) is 0. The second-order valence-electron chi connectivity index (χ2n) is 4.07. The van der Waals surface area contributed by atoms with Gasteiger partial charge >= 0.3 is 8.80 Å². The molecule has 6 heteroatoms. The molecule has 0 N–H and O–H groups in total. The summed E-state index contributed by atoms with van der Waals surface area (Å²) in [7, 11) is 0.877. The Morgan fingerprint density at radius 2 is 1.94 bits per heavy atom. The minimum absolute atomic E-state index is 0.307. The number of epoxide rings is 1. The lowest BCUT2D eigenvalue weighted by molar-refractivity contribution is 0.0448. The molecular weight excluding hydrogens is 240 g/mol. The van der Waals surface area contributed by atoms with E-state index < -0.39 is 8.80 Å². The highest BCUT2D eigenvalue weighted by molar-refractivity contribution is 6.60. The smallest absolute Gasteiger partial charge is 0.377 e. The van der Waals surface area contributed by atoms with E-state index in [1.165, 1.54) is 0 Å². The Morgan fingerprint density at radius 1 is 1.24 bits per heavy atom. The van der Waals surface area contributed by atoms with Gasteiger partial charge in [0.05, 0.1) is 26.4 Å². The first kappa shape index (κ1) is 15.1. The van der Waals surface area contributed by atoms with Gasteiger partial charge in [-0.05, 0) is 6.42 Å². The summed E-state index contributed by atoms with van der Waals surface area (Å²) < 4.78 is 27.1. The van der Waals surface area contributed by atoms with Gasteiger partial charge in [0.15, 0.2) is 0 Å². The molecule has 1 atom stereocenters. The van der Waals surface area contributed by atoms with E-state index in [1.807, 2.05) is 0 Å². The van der Waals surface area contributed by atoms with Gasteiger partial charge in [0.25, 0.3) is 0 Å². The lowest BCUT2D eigenvalue weighted by atomic mass is 10.4. The fourth-order valence-electron chi connectivity index (χ4n) is 1.51. The van der Waals surface area contributed by atoms with Crippen LogP contribution in [0.15, 0.2) is 0 Å². The zero-order valence-electron chi connectivity index (χ0n) is 11.1. The van der Waals surface area contributed by atoms with Crippen LogP contribution >= 0.6 is 0 Å². The molecule has 5 nitrogen and oxygen atoms in total. The van der Waals surface area contributed by atoms with Crippen molar-refractivity contribution >= 4 is 8.80 Å². The van der Waals surface area contributed by atoms with Crippen LogP contribution in [0.5, 0.6) is 0 Å². The maximum absolute atomic E-state index is 5.76. The van der Waals surface area contributed by atoms with Crippen LogP contribution in [0.1, 0.15) is 19.8 Å². The van der Waals surface area contributed by atoms with E-state index in [0.717, 1.165) is 25.5 Å². The van der Waals surface area contributed by atoms with Crippen LogP contribution in [0.4, 0.5) is 0 Å². The summed E-state index contributed by atoms with van der Waals surface area (Å²) in [6, 6.07) is 0.863. The van der Waals surface area contributed by atoms with Gasteiger partial charge in [-0.3, -0.25) is 0 Å². The number of unbranched alkanes of at least 4 members (excludes halogenated alkanes) is 1. The van der Waals surface area contributed by atoms with Gasteiger partial charge in [-0.15, -0.1) is 0 Å².